The van der Waals surface area contributed by atoms with Gasteiger partial charge >= 0.3 is 0 Å². The summed E-state index contributed by atoms with van der Waals surface area (Å²) in [7, 11) is 0. The molecule has 136 valence electrons. The van der Waals surface area contributed by atoms with Crippen LogP contribution in [0.25, 0.3) is 22.6 Å². The second-order valence-electron chi connectivity index (χ2n) is 7.56. The molecule has 1 fully saturated rings. The Balaban J connectivity index is 1.46. The Morgan fingerprint density at radius 3 is 2.74 bits per heavy atom. The number of pyridine rings is 1. The summed E-state index contributed by atoms with van der Waals surface area (Å²) in [5, 5.41) is 7.04. The van der Waals surface area contributed by atoms with Crippen LogP contribution in [0.3, 0.4) is 0 Å². The van der Waals surface area contributed by atoms with E-state index in [0.29, 0.717) is 24.3 Å². The lowest BCUT2D eigenvalue weighted by atomic mass is 10.0. The molecule has 27 heavy (non-hydrogen) atoms. The summed E-state index contributed by atoms with van der Waals surface area (Å²) in [4.78, 5) is 23.5. The minimum atomic E-state index is 0.169. The molecule has 1 aromatic carbocycles. The van der Waals surface area contributed by atoms with Crippen molar-refractivity contribution in [1.82, 2.24) is 25.1 Å². The highest BCUT2D eigenvalue weighted by Gasteiger charge is 2.38. The van der Waals surface area contributed by atoms with Crippen molar-refractivity contribution >= 4 is 5.91 Å². The van der Waals surface area contributed by atoms with E-state index in [2.05, 4.69) is 33.2 Å². The number of carbonyl (C=O) groups is 1. The molecule has 3 heterocycles. The Kier molecular flexibility index (Phi) is 3.60. The second-order valence-corrected chi connectivity index (χ2v) is 7.56. The molecule has 3 aromatic rings. The molecular weight excluding hydrogens is 338 g/mol. The van der Waals surface area contributed by atoms with Gasteiger partial charge < -0.3 is 4.90 Å². The minimum absolute atomic E-state index is 0.169. The van der Waals surface area contributed by atoms with E-state index in [-0.39, 0.29) is 5.91 Å². The number of aromatic amines is 1. The van der Waals surface area contributed by atoms with Gasteiger partial charge in [-0.25, -0.2) is 4.98 Å². The van der Waals surface area contributed by atoms with Crippen molar-refractivity contribution in [3.63, 3.8) is 0 Å². The van der Waals surface area contributed by atoms with Gasteiger partial charge in [0.1, 0.15) is 11.5 Å². The highest BCUT2D eigenvalue weighted by atomic mass is 16.2. The van der Waals surface area contributed by atoms with E-state index in [4.69, 9.17) is 0 Å². The predicted octanol–water partition coefficient (Wildman–Crippen LogP) is 3.60. The van der Waals surface area contributed by atoms with E-state index in [9.17, 15) is 4.79 Å². The SMILES string of the molecule is Cc1nc(-c2cc(-c3ccc4c(c3)CN(C(C)C3CC3)C4=O)ccn2)n[nH]1. The number of H-pyrrole nitrogens is 1. The average molecular weight is 359 g/mol. The molecule has 1 atom stereocenters. The zero-order valence-corrected chi connectivity index (χ0v) is 15.4. The topological polar surface area (TPSA) is 74.8 Å². The van der Waals surface area contributed by atoms with E-state index in [1.807, 2.05) is 36.1 Å². The van der Waals surface area contributed by atoms with Crippen molar-refractivity contribution in [2.45, 2.75) is 39.3 Å². The molecule has 2 aliphatic rings. The zero-order valence-electron chi connectivity index (χ0n) is 15.4. The lowest BCUT2D eigenvalue weighted by molar-refractivity contribution is 0.0697. The van der Waals surface area contributed by atoms with Crippen molar-refractivity contribution < 1.29 is 4.79 Å². The van der Waals surface area contributed by atoms with E-state index in [1.54, 1.807) is 6.20 Å². The number of nitrogens with one attached hydrogen (secondary N) is 1. The number of carbonyl (C=O) groups excluding carboxylic acids is 1. The monoisotopic (exact) mass is 359 g/mol. The Morgan fingerprint density at radius 2 is 2.00 bits per heavy atom. The average Bonchev–Trinajstić information content (AvgIpc) is 3.37. The molecule has 1 amide bonds. The fraction of sp³-hybridized carbons (Fsp3) is 0.333. The van der Waals surface area contributed by atoms with Crippen molar-refractivity contribution in [2.24, 2.45) is 5.92 Å². The van der Waals surface area contributed by atoms with E-state index in [1.165, 1.54) is 12.8 Å². The van der Waals surface area contributed by atoms with Crippen LogP contribution in [-0.4, -0.2) is 37.0 Å². The summed E-state index contributed by atoms with van der Waals surface area (Å²) in [5.41, 5.74) is 4.81. The third kappa shape index (κ3) is 2.81. The molecule has 0 spiro atoms. The first-order valence-electron chi connectivity index (χ1n) is 9.40. The molecule has 1 saturated carbocycles. The van der Waals surface area contributed by atoms with Crippen LogP contribution in [0.2, 0.25) is 0 Å². The number of aromatic nitrogens is 4. The van der Waals surface area contributed by atoms with Gasteiger partial charge in [-0.2, -0.15) is 5.10 Å². The Labute approximate surface area is 157 Å². The van der Waals surface area contributed by atoms with Gasteiger partial charge in [0.15, 0.2) is 5.82 Å². The first-order chi connectivity index (χ1) is 13.1. The summed E-state index contributed by atoms with van der Waals surface area (Å²) in [6.45, 7) is 4.75. The quantitative estimate of drug-likeness (QED) is 0.772. The fourth-order valence-electron chi connectivity index (χ4n) is 3.87. The smallest absolute Gasteiger partial charge is 0.254 e. The van der Waals surface area contributed by atoms with Crippen LogP contribution in [-0.2, 0) is 6.54 Å². The molecule has 6 heteroatoms. The number of amides is 1. The molecule has 1 N–H and O–H groups in total. The van der Waals surface area contributed by atoms with Crippen molar-refractivity contribution in [1.29, 1.82) is 0 Å². The Hall–Kier alpha value is -3.02. The van der Waals surface area contributed by atoms with Gasteiger partial charge in [0.25, 0.3) is 5.91 Å². The van der Waals surface area contributed by atoms with E-state index in [0.717, 1.165) is 33.8 Å². The van der Waals surface area contributed by atoms with Gasteiger partial charge in [0.2, 0.25) is 0 Å². The first-order valence-corrected chi connectivity index (χ1v) is 9.40. The number of hydrogen-bond acceptors (Lipinski definition) is 4. The van der Waals surface area contributed by atoms with Crippen molar-refractivity contribution in [3.05, 3.63) is 53.5 Å². The van der Waals surface area contributed by atoms with Crippen molar-refractivity contribution in [2.75, 3.05) is 0 Å². The maximum atomic E-state index is 12.8. The fourth-order valence-corrected chi connectivity index (χ4v) is 3.87. The molecule has 1 aliphatic carbocycles. The van der Waals surface area contributed by atoms with Gasteiger partial charge in [-0.05, 0) is 73.6 Å². The minimum Gasteiger partial charge on any atom is -0.331 e. The first kappa shape index (κ1) is 16.2. The number of aryl methyl sites for hydroxylation is 1. The van der Waals surface area contributed by atoms with Crippen molar-refractivity contribution in [3.8, 4) is 22.6 Å². The molecule has 1 aliphatic heterocycles. The lowest BCUT2D eigenvalue weighted by Gasteiger charge is -2.23. The number of nitrogens with zero attached hydrogens (tertiary/aromatic N) is 4. The van der Waals surface area contributed by atoms with Gasteiger partial charge in [-0.3, -0.25) is 14.9 Å². The molecule has 0 bridgehead atoms. The second kappa shape index (κ2) is 6.01. The van der Waals surface area contributed by atoms with E-state index < -0.39 is 0 Å². The molecule has 0 radical (unpaired) electrons. The van der Waals surface area contributed by atoms with Crippen LogP contribution in [0.15, 0.2) is 36.5 Å². The number of benzene rings is 1. The number of fused-ring (bicyclic) bond motifs is 1. The molecule has 6 nitrogen and oxygen atoms in total. The summed E-state index contributed by atoms with van der Waals surface area (Å²) in [6.07, 6.45) is 4.26. The van der Waals surface area contributed by atoms with Gasteiger partial charge in [-0.15, -0.1) is 0 Å². The summed E-state index contributed by atoms with van der Waals surface area (Å²) >= 11 is 0. The third-order valence-electron chi connectivity index (χ3n) is 5.65. The molecular formula is C21H21N5O. The highest BCUT2D eigenvalue weighted by Crippen LogP contribution is 2.39. The van der Waals surface area contributed by atoms with Gasteiger partial charge in [0, 0.05) is 24.3 Å². The lowest BCUT2D eigenvalue weighted by Crippen LogP contribution is -2.34. The van der Waals surface area contributed by atoms with E-state index >= 15 is 0 Å². The molecule has 5 rings (SSSR count). The Morgan fingerprint density at radius 1 is 1.19 bits per heavy atom. The Bertz CT molecular complexity index is 1040. The third-order valence-corrected chi connectivity index (χ3v) is 5.65. The number of hydrogen-bond donors (Lipinski definition) is 1. The zero-order chi connectivity index (χ0) is 18.5. The molecule has 0 saturated heterocycles. The van der Waals surface area contributed by atoms with Crippen LogP contribution >= 0.6 is 0 Å². The maximum absolute atomic E-state index is 12.8. The standard InChI is InChI=1S/C21H21N5O/c1-12(14-3-4-14)26-11-17-9-15(5-6-18(17)21(26)27)16-7-8-22-19(10-16)20-23-13(2)24-25-20/h5-10,12,14H,3-4,11H2,1-2H3,(H,23,24,25). The van der Waals surface area contributed by atoms with Crippen LogP contribution in [0.1, 0.15) is 41.5 Å². The molecule has 1 unspecified atom stereocenters. The van der Waals surface area contributed by atoms with Crippen LogP contribution in [0.5, 0.6) is 0 Å². The van der Waals surface area contributed by atoms with Crippen LogP contribution in [0.4, 0.5) is 0 Å². The van der Waals surface area contributed by atoms with Crippen LogP contribution in [0, 0.1) is 12.8 Å². The van der Waals surface area contributed by atoms with Crippen LogP contribution < -0.4 is 0 Å². The maximum Gasteiger partial charge on any atom is 0.254 e. The normalized spacial score (nSPS) is 17.3. The predicted molar refractivity (Wildman–Crippen MR) is 102 cm³/mol. The number of rotatable bonds is 4. The highest BCUT2D eigenvalue weighted by molar-refractivity contribution is 5.99. The summed E-state index contributed by atoms with van der Waals surface area (Å²) in [5.74, 6) is 2.20. The van der Waals surface area contributed by atoms with Gasteiger partial charge in [-0.1, -0.05) is 6.07 Å². The molecule has 2 aromatic heterocycles. The summed E-state index contributed by atoms with van der Waals surface area (Å²) < 4.78 is 0. The largest absolute Gasteiger partial charge is 0.331 e. The van der Waals surface area contributed by atoms with Gasteiger partial charge in [0.05, 0.1) is 0 Å². The summed E-state index contributed by atoms with van der Waals surface area (Å²) in [6, 6.07) is 10.4.